The number of benzene rings is 3. The summed E-state index contributed by atoms with van der Waals surface area (Å²) < 4.78 is 0. The van der Waals surface area contributed by atoms with Gasteiger partial charge in [0, 0.05) is 41.9 Å². The molecule has 1 amide bonds. The predicted molar refractivity (Wildman–Crippen MR) is 154 cm³/mol. The molecule has 3 aromatic carbocycles. The zero-order valence-electron chi connectivity index (χ0n) is 22.7. The Kier molecular flexibility index (Phi) is 5.66. The van der Waals surface area contributed by atoms with Crippen molar-refractivity contribution in [1.29, 1.82) is 0 Å². The molecule has 3 fully saturated rings. The van der Waals surface area contributed by atoms with Crippen molar-refractivity contribution in [3.8, 4) is 0 Å². The van der Waals surface area contributed by atoms with Crippen LogP contribution in [0, 0.1) is 19.3 Å². The van der Waals surface area contributed by atoms with Crippen LogP contribution in [0.4, 0.5) is 5.69 Å². The first-order valence-electron chi connectivity index (χ1n) is 14.2. The molecule has 0 radical (unpaired) electrons. The zero-order chi connectivity index (χ0) is 26.8. The molecule has 39 heavy (non-hydrogen) atoms. The van der Waals surface area contributed by atoms with Gasteiger partial charge >= 0.3 is 0 Å². The van der Waals surface area contributed by atoms with Crippen molar-refractivity contribution in [3.63, 3.8) is 0 Å². The van der Waals surface area contributed by atoms with E-state index < -0.39 is 11.0 Å². The normalized spacial score (nSPS) is 31.1. The molecule has 198 valence electrons. The minimum absolute atomic E-state index is 0.0565. The number of aryl methyl sites for hydroxylation is 2. The van der Waals surface area contributed by atoms with E-state index in [4.69, 9.17) is 0 Å². The van der Waals surface area contributed by atoms with Crippen LogP contribution < -0.4 is 10.6 Å². The first-order chi connectivity index (χ1) is 19.0. The Morgan fingerprint density at radius 3 is 2.46 bits per heavy atom. The summed E-state index contributed by atoms with van der Waals surface area (Å²) in [5.41, 5.74) is 5.03. The van der Waals surface area contributed by atoms with Crippen molar-refractivity contribution < 1.29 is 9.59 Å². The van der Waals surface area contributed by atoms with E-state index in [2.05, 4.69) is 77.9 Å². The Morgan fingerprint density at radius 2 is 1.64 bits per heavy atom. The van der Waals surface area contributed by atoms with Crippen molar-refractivity contribution >= 4 is 23.5 Å². The molecule has 3 saturated heterocycles. The molecule has 1 unspecified atom stereocenters. The minimum atomic E-state index is -1.07. The maximum atomic E-state index is 15.3. The van der Waals surface area contributed by atoms with Crippen molar-refractivity contribution in [2.45, 2.75) is 50.6 Å². The van der Waals surface area contributed by atoms with Gasteiger partial charge in [0.1, 0.15) is 5.54 Å². The van der Waals surface area contributed by atoms with Crippen LogP contribution in [-0.4, -0.2) is 42.3 Å². The number of para-hydroxylation sites is 1. The first-order valence-corrected chi connectivity index (χ1v) is 14.2. The molecule has 0 bridgehead atoms. The molecular formula is C34H35N3O2. The highest BCUT2D eigenvalue weighted by molar-refractivity contribution is 6.16. The fraction of sp³-hybridized carbons (Fsp3) is 0.353. The topological polar surface area (TPSA) is 61.4 Å². The van der Waals surface area contributed by atoms with Gasteiger partial charge in [-0.1, -0.05) is 73.2 Å². The average molecular weight is 518 g/mol. The van der Waals surface area contributed by atoms with E-state index in [-0.39, 0.29) is 23.7 Å². The maximum absolute atomic E-state index is 15.3. The number of hydrogen-bond donors (Lipinski definition) is 2. The highest BCUT2D eigenvalue weighted by atomic mass is 16.2. The number of fused-ring (bicyclic) bond motifs is 5. The zero-order valence-corrected chi connectivity index (χ0v) is 22.7. The lowest BCUT2D eigenvalue weighted by Crippen LogP contribution is -2.65. The van der Waals surface area contributed by atoms with Crippen LogP contribution in [0.15, 0.2) is 78.4 Å². The Balaban J connectivity index is 1.54. The smallest absolute Gasteiger partial charge is 0.250 e. The second-order valence-electron chi connectivity index (χ2n) is 11.7. The van der Waals surface area contributed by atoms with E-state index in [0.717, 1.165) is 53.8 Å². The van der Waals surface area contributed by atoms with Crippen molar-refractivity contribution in [1.82, 2.24) is 10.2 Å². The van der Waals surface area contributed by atoms with Crippen molar-refractivity contribution in [3.05, 3.63) is 106 Å². The van der Waals surface area contributed by atoms with Crippen LogP contribution in [0.2, 0.25) is 0 Å². The molecule has 3 aromatic rings. The van der Waals surface area contributed by atoms with Crippen LogP contribution in [0.3, 0.4) is 0 Å². The standard InChI is InChI=1S/C34H35N3O2/c1-22-11-3-5-13-24(22)19-25-20-35-21-33(31(25)38)30(26-14-6-4-12-23(26)2)29-17-9-10-18-37(29)34(33)27-15-7-8-16-28(27)36-32(34)39/h3-8,11-16,19,29-30,35H,9-10,17-18,20-21H2,1-2H3,(H,36,39)/b25-19+/t29-,30-,33?,34-/m0/s1. The minimum Gasteiger partial charge on any atom is -0.324 e. The van der Waals surface area contributed by atoms with E-state index in [9.17, 15) is 4.79 Å². The summed E-state index contributed by atoms with van der Waals surface area (Å²) in [5, 5.41) is 6.91. The summed E-state index contributed by atoms with van der Waals surface area (Å²) in [6.07, 6.45) is 5.16. The van der Waals surface area contributed by atoms with E-state index >= 15 is 4.79 Å². The lowest BCUT2D eigenvalue weighted by atomic mass is 9.55. The number of anilines is 1. The maximum Gasteiger partial charge on any atom is 0.250 e. The molecule has 0 saturated carbocycles. The van der Waals surface area contributed by atoms with Gasteiger partial charge in [0.2, 0.25) is 0 Å². The van der Waals surface area contributed by atoms with Gasteiger partial charge in [0.25, 0.3) is 5.91 Å². The summed E-state index contributed by atoms with van der Waals surface area (Å²) >= 11 is 0. The Labute approximate surface area is 230 Å². The van der Waals surface area contributed by atoms with Gasteiger partial charge in [-0.05, 0) is 67.6 Å². The monoisotopic (exact) mass is 517 g/mol. The lowest BCUT2D eigenvalue weighted by molar-refractivity contribution is -0.145. The van der Waals surface area contributed by atoms with Crippen molar-refractivity contribution in [2.24, 2.45) is 5.41 Å². The third-order valence-electron chi connectivity index (χ3n) is 9.89. The second kappa shape index (κ2) is 9.00. The van der Waals surface area contributed by atoms with Gasteiger partial charge in [0.15, 0.2) is 5.78 Å². The Bertz CT molecular complexity index is 1530. The van der Waals surface area contributed by atoms with Crippen LogP contribution in [-0.2, 0) is 15.1 Å². The first kappa shape index (κ1) is 24.5. The van der Waals surface area contributed by atoms with E-state index in [1.807, 2.05) is 30.3 Å². The quantitative estimate of drug-likeness (QED) is 0.450. The van der Waals surface area contributed by atoms with Gasteiger partial charge in [-0.2, -0.15) is 0 Å². The number of ketones is 1. The molecule has 4 aliphatic heterocycles. The molecule has 4 atom stereocenters. The number of carbonyl (C=O) groups excluding carboxylic acids is 2. The molecule has 2 spiro atoms. The summed E-state index contributed by atoms with van der Waals surface area (Å²) in [4.78, 5) is 32.3. The molecule has 4 aliphatic rings. The second-order valence-corrected chi connectivity index (χ2v) is 11.7. The van der Waals surface area contributed by atoms with Crippen LogP contribution in [0.1, 0.15) is 53.0 Å². The number of rotatable bonds is 2. The number of nitrogens with zero attached hydrogens (tertiary/aromatic N) is 1. The summed E-state index contributed by atoms with van der Waals surface area (Å²) in [6, 6.07) is 24.8. The molecule has 4 heterocycles. The SMILES string of the molecule is Cc1ccccc1/C=C1\CNCC2(C1=O)[C@@H](c1ccccc1C)[C@@H]1CCCCN1[C@@]21C(=O)Nc2ccccc21. The number of amides is 1. The predicted octanol–water partition coefficient (Wildman–Crippen LogP) is 5.35. The van der Waals surface area contributed by atoms with E-state index in [1.165, 1.54) is 11.1 Å². The number of hydrogen-bond acceptors (Lipinski definition) is 4. The highest BCUT2D eigenvalue weighted by Gasteiger charge is 2.77. The van der Waals surface area contributed by atoms with E-state index in [1.54, 1.807) is 0 Å². The highest BCUT2D eigenvalue weighted by Crippen LogP contribution is 2.67. The third-order valence-corrected chi connectivity index (χ3v) is 9.89. The van der Waals surface area contributed by atoms with E-state index in [0.29, 0.717) is 13.1 Å². The summed E-state index contributed by atoms with van der Waals surface area (Å²) in [7, 11) is 0. The van der Waals surface area contributed by atoms with Gasteiger partial charge in [-0.3, -0.25) is 14.5 Å². The fourth-order valence-electron chi connectivity index (χ4n) is 8.35. The molecule has 5 nitrogen and oxygen atoms in total. The Morgan fingerprint density at radius 1 is 0.897 bits per heavy atom. The molecule has 0 aromatic heterocycles. The summed E-state index contributed by atoms with van der Waals surface area (Å²) in [5.74, 6) is -0.0607. The third kappa shape index (κ3) is 3.20. The number of nitrogens with one attached hydrogen (secondary N) is 2. The van der Waals surface area contributed by atoms with Gasteiger partial charge in [-0.25, -0.2) is 0 Å². The number of carbonyl (C=O) groups is 2. The Hall–Kier alpha value is -3.54. The molecule has 7 rings (SSSR count). The van der Waals surface area contributed by atoms with Crippen LogP contribution in [0.5, 0.6) is 0 Å². The lowest BCUT2D eigenvalue weighted by Gasteiger charge is -2.49. The van der Waals surface area contributed by atoms with Gasteiger partial charge in [-0.15, -0.1) is 0 Å². The number of Topliss-reactive ketones (excluding diaryl/α,β-unsaturated/α-hetero) is 1. The average Bonchev–Trinajstić information content (AvgIpc) is 3.39. The van der Waals surface area contributed by atoms with Crippen LogP contribution in [0.25, 0.3) is 6.08 Å². The molecule has 0 aliphatic carbocycles. The largest absolute Gasteiger partial charge is 0.324 e. The molecule has 5 heteroatoms. The van der Waals surface area contributed by atoms with Crippen molar-refractivity contribution in [2.75, 3.05) is 25.0 Å². The molecule has 2 N–H and O–H groups in total. The van der Waals surface area contributed by atoms with Gasteiger partial charge < -0.3 is 10.6 Å². The fourth-order valence-corrected chi connectivity index (χ4v) is 8.35. The summed E-state index contributed by atoms with van der Waals surface area (Å²) in [6.45, 7) is 6.00. The molecular weight excluding hydrogens is 482 g/mol. The van der Waals surface area contributed by atoms with Crippen LogP contribution >= 0.6 is 0 Å². The number of piperidine rings is 2. The van der Waals surface area contributed by atoms with Gasteiger partial charge in [0.05, 0.1) is 5.41 Å².